The molecule has 11 heteroatoms. The van der Waals surface area contributed by atoms with Gasteiger partial charge in [-0.05, 0) is 36.6 Å². The summed E-state index contributed by atoms with van der Waals surface area (Å²) in [7, 11) is 5.26. The first-order valence-electron chi connectivity index (χ1n) is 13.7. The topological polar surface area (TPSA) is 130 Å². The molecule has 5 aromatic rings. The second-order valence-electron chi connectivity index (χ2n) is 10.6. The van der Waals surface area contributed by atoms with Crippen LogP contribution >= 0.6 is 0 Å². The highest BCUT2D eigenvalue weighted by molar-refractivity contribution is 5.98. The molecule has 0 bridgehead atoms. The van der Waals surface area contributed by atoms with Crippen molar-refractivity contribution in [3.8, 4) is 11.1 Å². The van der Waals surface area contributed by atoms with Crippen LogP contribution in [0, 0.1) is 0 Å². The summed E-state index contributed by atoms with van der Waals surface area (Å²) in [5.74, 6) is 0.736. The first kappa shape index (κ1) is 26.6. The van der Waals surface area contributed by atoms with Crippen LogP contribution in [0.3, 0.4) is 0 Å². The number of carbonyl (C=O) groups is 1. The Kier molecular flexibility index (Phi) is 6.96. The summed E-state index contributed by atoms with van der Waals surface area (Å²) in [6, 6.07) is 11.0. The van der Waals surface area contributed by atoms with Crippen LogP contribution in [0.15, 0.2) is 62.5 Å². The summed E-state index contributed by atoms with van der Waals surface area (Å²) >= 11 is 0. The van der Waals surface area contributed by atoms with Gasteiger partial charge in [-0.25, -0.2) is 4.98 Å². The van der Waals surface area contributed by atoms with Gasteiger partial charge in [0.25, 0.3) is 5.91 Å². The van der Waals surface area contributed by atoms with Crippen molar-refractivity contribution in [2.45, 2.75) is 31.7 Å². The van der Waals surface area contributed by atoms with E-state index in [2.05, 4.69) is 14.9 Å². The number of anilines is 3. The molecule has 0 unspecified atom stereocenters. The van der Waals surface area contributed by atoms with Crippen LogP contribution in [0.5, 0.6) is 0 Å². The van der Waals surface area contributed by atoms with Crippen molar-refractivity contribution in [2.24, 2.45) is 0 Å². The van der Waals surface area contributed by atoms with Crippen molar-refractivity contribution in [2.75, 3.05) is 44.5 Å². The molecule has 212 valence electrons. The Hall–Kier alpha value is -4.64. The molecule has 1 aliphatic rings. The van der Waals surface area contributed by atoms with Crippen LogP contribution < -0.4 is 15.6 Å². The molecule has 0 atom stereocenters. The zero-order valence-corrected chi connectivity index (χ0v) is 23.3. The van der Waals surface area contributed by atoms with Crippen LogP contribution in [-0.4, -0.2) is 64.7 Å². The van der Waals surface area contributed by atoms with E-state index < -0.39 is 0 Å². The molecule has 6 rings (SSSR count). The van der Waals surface area contributed by atoms with Gasteiger partial charge in [0.1, 0.15) is 17.6 Å². The fraction of sp³-hybridized carbons (Fsp3) is 0.333. The van der Waals surface area contributed by atoms with E-state index in [1.54, 1.807) is 37.1 Å². The first-order chi connectivity index (χ1) is 19.8. The number of likely N-dealkylation sites (N-methyl/N-ethyl adjacent to an activating group) is 1. The molecule has 41 heavy (non-hydrogen) atoms. The molecular formula is C30H32N6O5. The van der Waals surface area contributed by atoms with Crippen LogP contribution in [0.1, 0.15) is 42.2 Å². The van der Waals surface area contributed by atoms with E-state index in [0.29, 0.717) is 35.2 Å². The monoisotopic (exact) mass is 556 g/mol. The van der Waals surface area contributed by atoms with Gasteiger partial charge in [0, 0.05) is 51.0 Å². The Morgan fingerprint density at radius 2 is 1.88 bits per heavy atom. The Morgan fingerprint density at radius 1 is 1.12 bits per heavy atom. The number of benzene rings is 1. The predicted octanol–water partition coefficient (Wildman–Crippen LogP) is 4.79. The molecule has 4 aromatic heterocycles. The second-order valence-corrected chi connectivity index (χ2v) is 10.6. The highest BCUT2D eigenvalue weighted by Crippen LogP contribution is 2.35. The molecule has 1 aromatic carbocycles. The molecule has 0 radical (unpaired) electrons. The Bertz CT molecular complexity index is 1780. The fourth-order valence-electron chi connectivity index (χ4n) is 5.43. The Morgan fingerprint density at radius 3 is 2.59 bits per heavy atom. The number of aromatic nitrogens is 3. The van der Waals surface area contributed by atoms with Crippen LogP contribution in [-0.2, 0) is 0 Å². The molecule has 2 N–H and O–H groups in total. The number of aliphatic hydroxyl groups is 1. The van der Waals surface area contributed by atoms with E-state index in [0.717, 1.165) is 48.0 Å². The van der Waals surface area contributed by atoms with E-state index in [4.69, 9.17) is 13.8 Å². The number of furan rings is 1. The lowest BCUT2D eigenvalue weighted by atomic mass is 10.1. The van der Waals surface area contributed by atoms with E-state index in [1.807, 2.05) is 30.3 Å². The number of hydrogen-bond donors (Lipinski definition) is 2. The van der Waals surface area contributed by atoms with Crippen molar-refractivity contribution in [1.82, 2.24) is 19.4 Å². The van der Waals surface area contributed by atoms with Gasteiger partial charge in [0.2, 0.25) is 17.0 Å². The van der Waals surface area contributed by atoms with Gasteiger partial charge < -0.3 is 33.6 Å². The molecule has 0 spiro atoms. The number of carbonyl (C=O) groups excluding carboxylic acids is 1. The van der Waals surface area contributed by atoms with Crippen molar-refractivity contribution in [3.63, 3.8) is 0 Å². The zero-order chi connectivity index (χ0) is 28.7. The van der Waals surface area contributed by atoms with E-state index >= 15 is 0 Å². The Labute approximate surface area is 236 Å². The summed E-state index contributed by atoms with van der Waals surface area (Å²) in [6.45, 7) is 0.262. The molecule has 1 saturated carbocycles. The summed E-state index contributed by atoms with van der Waals surface area (Å²) in [6.07, 6.45) is 7.58. The lowest BCUT2D eigenvalue weighted by molar-refractivity contribution is 0.0815. The number of amides is 1. The largest absolute Gasteiger partial charge is 0.456 e. The van der Waals surface area contributed by atoms with Crippen molar-refractivity contribution in [1.29, 1.82) is 0 Å². The highest BCUT2D eigenvalue weighted by Gasteiger charge is 2.26. The summed E-state index contributed by atoms with van der Waals surface area (Å²) in [5.41, 5.74) is 3.81. The molecule has 1 fully saturated rings. The molecule has 0 saturated heterocycles. The minimum atomic E-state index is -0.291. The minimum absolute atomic E-state index is 0.0465. The minimum Gasteiger partial charge on any atom is -0.456 e. The molecule has 1 amide bonds. The van der Waals surface area contributed by atoms with Gasteiger partial charge >= 0.3 is 0 Å². The van der Waals surface area contributed by atoms with E-state index in [1.165, 1.54) is 12.3 Å². The van der Waals surface area contributed by atoms with Gasteiger partial charge in [-0.15, -0.1) is 0 Å². The van der Waals surface area contributed by atoms with Crippen LogP contribution in [0.25, 0.3) is 33.3 Å². The first-order valence-corrected chi connectivity index (χ1v) is 13.7. The molecular weight excluding hydrogens is 524 g/mol. The maximum atomic E-state index is 13.0. The van der Waals surface area contributed by atoms with Crippen molar-refractivity contribution in [3.05, 3.63) is 64.8 Å². The number of nitrogens with zero attached hydrogens (tertiary/aromatic N) is 5. The SMILES string of the molecule is CN(C)C(=O)c1cc2cnc(Nc3ccc(-c4coc5c(=O)cc(N(C)CCO)oc45)cc3)nc2n1C1CCCC1. The van der Waals surface area contributed by atoms with Crippen molar-refractivity contribution >= 4 is 45.6 Å². The standard InChI is InChI=1S/C30H32N6O5/c1-34(2)29(39)23-14-19-16-31-30(33-28(19)36(23)21-6-4-5-7-21)32-20-10-8-18(9-11-20)22-17-40-27-24(38)15-25(41-26(22)27)35(3)12-13-37/h8-11,14-17,21,37H,4-7,12-13H2,1-3H3,(H,31,32,33). The predicted molar refractivity (Wildman–Crippen MR) is 157 cm³/mol. The van der Waals surface area contributed by atoms with Gasteiger partial charge in [0.15, 0.2) is 11.5 Å². The third-order valence-electron chi connectivity index (χ3n) is 7.59. The summed E-state index contributed by atoms with van der Waals surface area (Å²) in [5, 5.41) is 13.4. The summed E-state index contributed by atoms with van der Waals surface area (Å²) < 4.78 is 13.6. The number of rotatable bonds is 8. The highest BCUT2D eigenvalue weighted by atomic mass is 16.4. The third-order valence-corrected chi connectivity index (χ3v) is 7.59. The maximum Gasteiger partial charge on any atom is 0.270 e. The quantitative estimate of drug-likeness (QED) is 0.277. The van der Waals surface area contributed by atoms with Gasteiger partial charge in [-0.3, -0.25) is 9.59 Å². The van der Waals surface area contributed by atoms with E-state index in [-0.39, 0.29) is 29.6 Å². The number of aliphatic hydroxyl groups excluding tert-OH is 1. The zero-order valence-electron chi connectivity index (χ0n) is 23.3. The van der Waals surface area contributed by atoms with Crippen molar-refractivity contribution < 1.29 is 18.7 Å². The molecule has 0 aliphatic heterocycles. The van der Waals surface area contributed by atoms with Crippen LogP contribution in [0.4, 0.5) is 17.5 Å². The normalized spacial score (nSPS) is 13.8. The van der Waals surface area contributed by atoms with Gasteiger partial charge in [-0.2, -0.15) is 4.98 Å². The molecule has 11 nitrogen and oxygen atoms in total. The average molecular weight is 557 g/mol. The average Bonchev–Trinajstić information content (AvgIpc) is 3.71. The Balaban J connectivity index is 1.30. The summed E-state index contributed by atoms with van der Waals surface area (Å²) in [4.78, 5) is 38.2. The molecule has 4 heterocycles. The van der Waals surface area contributed by atoms with Gasteiger partial charge in [0.05, 0.1) is 18.2 Å². The second kappa shape index (κ2) is 10.7. The lowest BCUT2D eigenvalue weighted by Gasteiger charge is -2.19. The van der Waals surface area contributed by atoms with E-state index in [9.17, 15) is 14.7 Å². The fourth-order valence-corrected chi connectivity index (χ4v) is 5.43. The molecule has 1 aliphatic carbocycles. The maximum absolute atomic E-state index is 13.0. The number of fused-ring (bicyclic) bond motifs is 2. The lowest BCUT2D eigenvalue weighted by Crippen LogP contribution is -2.25. The van der Waals surface area contributed by atoms with Gasteiger partial charge in [-0.1, -0.05) is 25.0 Å². The van der Waals surface area contributed by atoms with Crippen LogP contribution in [0.2, 0.25) is 0 Å². The number of nitrogens with one attached hydrogen (secondary N) is 1. The number of hydrogen-bond acceptors (Lipinski definition) is 9. The third kappa shape index (κ3) is 4.93. The smallest absolute Gasteiger partial charge is 0.270 e.